The number of hydrogen-bond donors (Lipinski definition) is 1. The summed E-state index contributed by atoms with van der Waals surface area (Å²) in [6.45, 7) is 1.78. The molecule has 0 unspecified atom stereocenters. The number of amidine groups is 1. The van der Waals surface area contributed by atoms with E-state index in [9.17, 15) is 4.79 Å². The highest BCUT2D eigenvalue weighted by Gasteiger charge is 2.08. The second-order valence-electron chi connectivity index (χ2n) is 2.77. The number of rotatable bonds is 0. The summed E-state index contributed by atoms with van der Waals surface area (Å²) in [7, 11) is 0. The zero-order valence-corrected chi connectivity index (χ0v) is 7.03. The van der Waals surface area contributed by atoms with E-state index < -0.39 is 0 Å². The Hall–Kier alpha value is -1.93. The van der Waals surface area contributed by atoms with Crippen LogP contribution < -0.4 is 16.3 Å². The van der Waals surface area contributed by atoms with Gasteiger partial charge in [0.15, 0.2) is 0 Å². The predicted molar refractivity (Wildman–Crippen MR) is 49.2 cm³/mol. The molecule has 1 aromatic carbocycles. The zero-order valence-electron chi connectivity index (χ0n) is 7.03. The first-order chi connectivity index (χ1) is 6.22. The lowest BCUT2D eigenvalue weighted by Gasteiger charge is -1.94. The molecule has 0 aromatic heterocycles. The molecular weight excluding hydrogens is 166 g/mol. The number of nitrogens with zero attached hydrogens (tertiary/aromatic N) is 2. The summed E-state index contributed by atoms with van der Waals surface area (Å²) in [6.07, 6.45) is 0. The molecule has 0 atom stereocenters. The SMILES string of the molecule is CC1=Nc2c(N)c(=C=O)ccc2=N1. The third kappa shape index (κ3) is 1.04. The topological polar surface area (TPSA) is 67.8 Å². The third-order valence-electron chi connectivity index (χ3n) is 1.86. The number of benzene rings is 1. The molecule has 0 spiro atoms. The van der Waals surface area contributed by atoms with Gasteiger partial charge < -0.3 is 5.73 Å². The highest BCUT2D eigenvalue weighted by Crippen LogP contribution is 2.15. The molecule has 0 amide bonds. The number of nitrogen functional groups attached to an aromatic ring is 1. The van der Waals surface area contributed by atoms with Crippen LogP contribution in [0, 0.1) is 0 Å². The Kier molecular flexibility index (Phi) is 1.50. The van der Waals surface area contributed by atoms with Crippen LogP contribution in [0.5, 0.6) is 0 Å². The number of carbonyl (C=O) groups excluding carboxylic acids is 1. The molecule has 13 heavy (non-hydrogen) atoms. The van der Waals surface area contributed by atoms with E-state index >= 15 is 0 Å². The van der Waals surface area contributed by atoms with Crippen LogP contribution in [0.2, 0.25) is 0 Å². The third-order valence-corrected chi connectivity index (χ3v) is 1.86. The fourth-order valence-corrected chi connectivity index (χ4v) is 1.25. The second kappa shape index (κ2) is 2.54. The fourth-order valence-electron chi connectivity index (χ4n) is 1.25. The lowest BCUT2D eigenvalue weighted by molar-refractivity contribution is 0.567. The Morgan fingerprint density at radius 1 is 1.38 bits per heavy atom. The molecule has 2 N–H and O–H groups in total. The summed E-state index contributed by atoms with van der Waals surface area (Å²) >= 11 is 0. The van der Waals surface area contributed by atoms with Gasteiger partial charge in [0.05, 0.1) is 16.3 Å². The molecule has 2 rings (SSSR count). The van der Waals surface area contributed by atoms with Gasteiger partial charge in [0.25, 0.3) is 0 Å². The zero-order chi connectivity index (χ0) is 9.42. The number of hydrogen-bond acceptors (Lipinski definition) is 4. The molecule has 1 aliphatic rings. The Labute approximate surface area is 74.1 Å². The minimum absolute atomic E-state index is 0.340. The smallest absolute Gasteiger partial charge is 0.134 e. The average Bonchev–Trinajstić information content (AvgIpc) is 2.47. The van der Waals surface area contributed by atoms with Crippen molar-refractivity contribution in [2.75, 3.05) is 5.73 Å². The van der Waals surface area contributed by atoms with E-state index in [1.807, 2.05) is 0 Å². The maximum atomic E-state index is 10.4. The van der Waals surface area contributed by atoms with Crippen molar-refractivity contribution in [2.45, 2.75) is 6.92 Å². The van der Waals surface area contributed by atoms with Gasteiger partial charge in [-0.1, -0.05) is 0 Å². The van der Waals surface area contributed by atoms with Crippen LogP contribution >= 0.6 is 0 Å². The first-order valence-corrected chi connectivity index (χ1v) is 3.80. The Bertz CT molecular complexity index is 539. The van der Waals surface area contributed by atoms with Crippen molar-refractivity contribution >= 4 is 23.2 Å². The number of nitrogens with two attached hydrogens (primary N) is 1. The monoisotopic (exact) mass is 173 g/mol. The van der Waals surface area contributed by atoms with Gasteiger partial charge in [0.1, 0.15) is 17.5 Å². The normalized spacial score (nSPS) is 12.8. The van der Waals surface area contributed by atoms with Gasteiger partial charge in [-0.3, -0.25) is 0 Å². The Morgan fingerprint density at radius 3 is 2.85 bits per heavy atom. The largest absolute Gasteiger partial charge is 0.396 e. The van der Waals surface area contributed by atoms with Crippen molar-refractivity contribution in [3.05, 3.63) is 22.7 Å². The van der Waals surface area contributed by atoms with Crippen molar-refractivity contribution in [3.8, 4) is 0 Å². The van der Waals surface area contributed by atoms with E-state index in [-0.39, 0.29) is 0 Å². The van der Waals surface area contributed by atoms with Crippen LogP contribution in [0.25, 0.3) is 0 Å². The Balaban J connectivity index is 2.93. The summed E-state index contributed by atoms with van der Waals surface area (Å²) in [5, 5.41) is 1.06. The van der Waals surface area contributed by atoms with E-state index in [0.29, 0.717) is 27.8 Å². The highest BCUT2D eigenvalue weighted by atomic mass is 16.1. The molecule has 1 aliphatic heterocycles. The Morgan fingerprint density at radius 2 is 2.15 bits per heavy atom. The fraction of sp³-hybridized carbons (Fsp3) is 0.111. The molecule has 0 radical (unpaired) electrons. The van der Waals surface area contributed by atoms with Crippen molar-refractivity contribution < 1.29 is 4.79 Å². The summed E-state index contributed by atoms with van der Waals surface area (Å²) in [5.41, 5.74) is 6.61. The molecule has 1 heterocycles. The maximum Gasteiger partial charge on any atom is 0.134 e. The number of aliphatic imine (C=N–C) groups is 1. The van der Waals surface area contributed by atoms with Crippen molar-refractivity contribution in [3.63, 3.8) is 0 Å². The maximum absolute atomic E-state index is 10.4. The molecule has 64 valence electrons. The standard InChI is InChI=1S/C9H7N3O/c1-5-11-7-3-2-6(4-13)8(10)9(7)12-5/h2-3H,10H2,1H3. The van der Waals surface area contributed by atoms with Crippen LogP contribution in [-0.4, -0.2) is 11.8 Å². The van der Waals surface area contributed by atoms with E-state index in [1.165, 1.54) is 0 Å². The van der Waals surface area contributed by atoms with Gasteiger partial charge in [-0.05, 0) is 19.1 Å². The van der Waals surface area contributed by atoms with E-state index in [4.69, 9.17) is 5.73 Å². The molecule has 4 heteroatoms. The van der Waals surface area contributed by atoms with Crippen molar-refractivity contribution in [2.24, 2.45) is 9.98 Å². The van der Waals surface area contributed by atoms with Crippen molar-refractivity contribution in [1.82, 2.24) is 0 Å². The molecule has 0 fully saturated rings. The van der Waals surface area contributed by atoms with Crippen molar-refractivity contribution in [1.29, 1.82) is 0 Å². The van der Waals surface area contributed by atoms with Crippen LogP contribution in [0.1, 0.15) is 6.92 Å². The van der Waals surface area contributed by atoms with Crippen LogP contribution in [0.3, 0.4) is 0 Å². The van der Waals surface area contributed by atoms with Gasteiger partial charge in [0, 0.05) is 0 Å². The molecule has 0 saturated carbocycles. The minimum Gasteiger partial charge on any atom is -0.396 e. The lowest BCUT2D eigenvalue weighted by atomic mass is 10.2. The molecule has 0 aliphatic carbocycles. The molecule has 0 saturated heterocycles. The summed E-state index contributed by atoms with van der Waals surface area (Å²) < 4.78 is 0. The predicted octanol–water partition coefficient (Wildman–Crippen LogP) is -0.545. The number of fused-ring (bicyclic) bond motifs is 1. The summed E-state index contributed by atoms with van der Waals surface area (Å²) in [4.78, 5) is 18.7. The summed E-state index contributed by atoms with van der Waals surface area (Å²) in [6, 6.07) is 3.31. The first-order valence-electron chi connectivity index (χ1n) is 3.80. The van der Waals surface area contributed by atoms with Gasteiger partial charge in [-0.25, -0.2) is 14.8 Å². The molecule has 4 nitrogen and oxygen atoms in total. The first kappa shape index (κ1) is 7.71. The minimum atomic E-state index is 0.340. The van der Waals surface area contributed by atoms with Gasteiger partial charge in [-0.2, -0.15) is 0 Å². The second-order valence-corrected chi connectivity index (χ2v) is 2.77. The van der Waals surface area contributed by atoms with Crippen LogP contribution in [0.15, 0.2) is 22.1 Å². The average molecular weight is 173 g/mol. The van der Waals surface area contributed by atoms with Gasteiger partial charge in [-0.15, -0.1) is 0 Å². The summed E-state index contributed by atoms with van der Waals surface area (Å²) in [5.74, 6) is 2.41. The van der Waals surface area contributed by atoms with Crippen LogP contribution in [0.4, 0.5) is 11.4 Å². The lowest BCUT2D eigenvalue weighted by Crippen LogP contribution is -2.15. The number of anilines is 1. The molecule has 1 aromatic rings. The van der Waals surface area contributed by atoms with Crippen LogP contribution in [-0.2, 0) is 4.79 Å². The van der Waals surface area contributed by atoms with E-state index in [0.717, 1.165) is 0 Å². The van der Waals surface area contributed by atoms with E-state index in [1.54, 1.807) is 25.0 Å². The van der Waals surface area contributed by atoms with Gasteiger partial charge >= 0.3 is 0 Å². The highest BCUT2D eigenvalue weighted by molar-refractivity contribution is 5.89. The quantitative estimate of drug-likeness (QED) is 0.535. The van der Waals surface area contributed by atoms with E-state index in [2.05, 4.69) is 9.98 Å². The molecule has 0 bridgehead atoms. The molecular formula is C9H7N3O. The van der Waals surface area contributed by atoms with Gasteiger partial charge in [0.2, 0.25) is 0 Å².